The molecule has 0 radical (unpaired) electrons. The molecule has 0 bridgehead atoms. The van der Waals surface area contributed by atoms with Crippen LogP contribution in [-0.4, -0.2) is 0 Å². The Kier molecular flexibility index (Phi) is 12.1. The Morgan fingerprint density at radius 2 is 1.53 bits per heavy atom. The Morgan fingerprint density at radius 3 is 2.27 bits per heavy atom. The van der Waals surface area contributed by atoms with E-state index < -0.39 is 0 Å². The summed E-state index contributed by atoms with van der Waals surface area (Å²) in [7, 11) is 0. The van der Waals surface area contributed by atoms with Gasteiger partial charge in [-0.15, -0.1) is 6.58 Å². The smallest absolute Gasteiger partial charge is 0.0169 e. The molecule has 0 N–H and O–H groups in total. The number of allylic oxidation sites excluding steroid dienone is 7. The third-order valence-corrected chi connectivity index (χ3v) is 2.08. The highest BCUT2D eigenvalue weighted by Crippen LogP contribution is 1.98. The van der Waals surface area contributed by atoms with E-state index in [1.807, 2.05) is 6.08 Å². The molecule has 0 aliphatic carbocycles. The molecule has 0 amide bonds. The van der Waals surface area contributed by atoms with Gasteiger partial charge in [0.1, 0.15) is 0 Å². The van der Waals surface area contributed by atoms with Crippen molar-refractivity contribution in [1.29, 1.82) is 0 Å². The van der Waals surface area contributed by atoms with Crippen LogP contribution in [-0.2, 0) is 0 Å². The van der Waals surface area contributed by atoms with Crippen molar-refractivity contribution in [1.82, 2.24) is 0 Å². The predicted molar refractivity (Wildman–Crippen MR) is 71.0 cm³/mol. The molecular formula is C15H24. The maximum absolute atomic E-state index is 3.66. The zero-order chi connectivity index (χ0) is 11.2. The van der Waals surface area contributed by atoms with Gasteiger partial charge in [-0.3, -0.25) is 0 Å². The second-order valence-corrected chi connectivity index (χ2v) is 3.57. The molecule has 0 saturated carbocycles. The molecule has 0 rings (SSSR count). The van der Waals surface area contributed by atoms with Crippen molar-refractivity contribution in [3.05, 3.63) is 49.1 Å². The zero-order valence-corrected chi connectivity index (χ0v) is 9.99. The van der Waals surface area contributed by atoms with Crippen LogP contribution in [0.15, 0.2) is 49.1 Å². The van der Waals surface area contributed by atoms with E-state index in [1.165, 1.54) is 19.3 Å². The molecule has 0 aliphatic heterocycles. The van der Waals surface area contributed by atoms with Crippen LogP contribution in [0.25, 0.3) is 0 Å². The minimum atomic E-state index is 0.960. The van der Waals surface area contributed by atoms with Gasteiger partial charge in [0.15, 0.2) is 0 Å². The van der Waals surface area contributed by atoms with Gasteiger partial charge < -0.3 is 0 Å². The molecule has 0 aromatic carbocycles. The third-order valence-electron chi connectivity index (χ3n) is 2.08. The van der Waals surface area contributed by atoms with Gasteiger partial charge in [-0.05, 0) is 25.7 Å². The summed E-state index contributed by atoms with van der Waals surface area (Å²) in [6.07, 6.45) is 22.1. The molecule has 0 nitrogen and oxygen atoms in total. The molecule has 0 unspecified atom stereocenters. The second kappa shape index (κ2) is 13.0. The first-order valence-electron chi connectivity index (χ1n) is 5.99. The molecule has 0 spiro atoms. The number of unbranched alkanes of at least 4 members (excludes halogenated alkanes) is 3. The fraction of sp³-hybridized carbons (Fsp3) is 0.467. The molecule has 0 aromatic heterocycles. The first kappa shape index (κ1) is 14.0. The second-order valence-electron chi connectivity index (χ2n) is 3.57. The number of rotatable bonds is 9. The standard InChI is InChI=1S/C15H24/c1-3-5-7-9-11-13-15-14-12-10-8-6-4-2/h3,7,9-13H,1,4-6,8,14-15H2,2H3. The van der Waals surface area contributed by atoms with Crippen molar-refractivity contribution in [3.8, 4) is 0 Å². The van der Waals surface area contributed by atoms with E-state index in [0.29, 0.717) is 0 Å². The SMILES string of the molecule is C=CCC=CC=CCCC=CCCCC. The van der Waals surface area contributed by atoms with Crippen LogP contribution in [0.5, 0.6) is 0 Å². The molecule has 0 aliphatic rings. The van der Waals surface area contributed by atoms with E-state index in [1.54, 1.807) is 0 Å². The Bertz CT molecular complexity index is 206. The predicted octanol–water partition coefficient (Wildman–Crippen LogP) is 5.20. The fourth-order valence-corrected chi connectivity index (χ4v) is 1.18. The summed E-state index contributed by atoms with van der Waals surface area (Å²) in [6, 6.07) is 0. The van der Waals surface area contributed by atoms with Crippen LogP contribution in [0, 0.1) is 0 Å². The fourth-order valence-electron chi connectivity index (χ4n) is 1.18. The first-order chi connectivity index (χ1) is 7.41. The highest BCUT2D eigenvalue weighted by Gasteiger charge is 1.78. The van der Waals surface area contributed by atoms with Crippen molar-refractivity contribution in [2.24, 2.45) is 0 Å². The van der Waals surface area contributed by atoms with Gasteiger partial charge in [-0.1, -0.05) is 62.3 Å². The van der Waals surface area contributed by atoms with Crippen LogP contribution >= 0.6 is 0 Å². The lowest BCUT2D eigenvalue weighted by Crippen LogP contribution is -1.68. The van der Waals surface area contributed by atoms with Gasteiger partial charge in [-0.25, -0.2) is 0 Å². The van der Waals surface area contributed by atoms with Gasteiger partial charge in [0, 0.05) is 0 Å². The topological polar surface area (TPSA) is 0 Å². The summed E-state index contributed by atoms with van der Waals surface area (Å²) in [4.78, 5) is 0. The molecule has 0 heteroatoms. The Labute approximate surface area is 95.1 Å². The lowest BCUT2D eigenvalue weighted by molar-refractivity contribution is 0.811. The summed E-state index contributed by atoms with van der Waals surface area (Å²) >= 11 is 0. The summed E-state index contributed by atoms with van der Waals surface area (Å²) in [5.41, 5.74) is 0. The summed E-state index contributed by atoms with van der Waals surface area (Å²) in [5, 5.41) is 0. The molecule has 0 heterocycles. The van der Waals surface area contributed by atoms with Crippen molar-refractivity contribution >= 4 is 0 Å². The Balaban J connectivity index is 3.29. The van der Waals surface area contributed by atoms with E-state index in [2.05, 4.69) is 50.0 Å². The van der Waals surface area contributed by atoms with E-state index >= 15 is 0 Å². The van der Waals surface area contributed by atoms with Crippen molar-refractivity contribution in [3.63, 3.8) is 0 Å². The normalized spacial score (nSPS) is 12.1. The summed E-state index contributed by atoms with van der Waals surface area (Å²) in [6.45, 7) is 5.89. The zero-order valence-electron chi connectivity index (χ0n) is 9.99. The van der Waals surface area contributed by atoms with Crippen LogP contribution in [0.1, 0.15) is 45.4 Å². The minimum Gasteiger partial charge on any atom is -0.103 e. The molecule has 15 heavy (non-hydrogen) atoms. The Morgan fingerprint density at radius 1 is 0.867 bits per heavy atom. The minimum absolute atomic E-state index is 0.960. The molecule has 0 fully saturated rings. The van der Waals surface area contributed by atoms with E-state index in [4.69, 9.17) is 0 Å². The first-order valence-corrected chi connectivity index (χ1v) is 5.99. The van der Waals surface area contributed by atoms with Crippen LogP contribution < -0.4 is 0 Å². The quantitative estimate of drug-likeness (QED) is 0.275. The van der Waals surface area contributed by atoms with Gasteiger partial charge in [0.2, 0.25) is 0 Å². The highest BCUT2D eigenvalue weighted by molar-refractivity contribution is 5.04. The summed E-state index contributed by atoms with van der Waals surface area (Å²) in [5.74, 6) is 0. The highest BCUT2D eigenvalue weighted by atomic mass is 13.8. The van der Waals surface area contributed by atoms with Gasteiger partial charge in [0.05, 0.1) is 0 Å². The van der Waals surface area contributed by atoms with Crippen LogP contribution in [0.3, 0.4) is 0 Å². The average molecular weight is 204 g/mol. The molecule has 0 saturated heterocycles. The molecule has 0 aromatic rings. The monoisotopic (exact) mass is 204 g/mol. The molecular weight excluding hydrogens is 180 g/mol. The maximum atomic E-state index is 3.66. The molecule has 84 valence electrons. The van der Waals surface area contributed by atoms with Gasteiger partial charge in [0.25, 0.3) is 0 Å². The van der Waals surface area contributed by atoms with Crippen molar-refractivity contribution < 1.29 is 0 Å². The maximum Gasteiger partial charge on any atom is -0.0169 e. The number of hydrogen-bond donors (Lipinski definition) is 0. The third kappa shape index (κ3) is 13.0. The largest absolute Gasteiger partial charge is 0.103 e. The van der Waals surface area contributed by atoms with Crippen molar-refractivity contribution in [2.75, 3.05) is 0 Å². The van der Waals surface area contributed by atoms with Crippen molar-refractivity contribution in [2.45, 2.75) is 45.4 Å². The van der Waals surface area contributed by atoms with Gasteiger partial charge in [-0.2, -0.15) is 0 Å². The Hall–Kier alpha value is -1.04. The van der Waals surface area contributed by atoms with E-state index in [-0.39, 0.29) is 0 Å². The lowest BCUT2D eigenvalue weighted by Gasteiger charge is -1.88. The average Bonchev–Trinajstić information content (AvgIpc) is 2.26. The number of hydrogen-bond acceptors (Lipinski definition) is 0. The lowest BCUT2D eigenvalue weighted by atomic mass is 10.2. The molecule has 0 atom stereocenters. The summed E-state index contributed by atoms with van der Waals surface area (Å²) < 4.78 is 0. The van der Waals surface area contributed by atoms with Crippen LogP contribution in [0.2, 0.25) is 0 Å². The van der Waals surface area contributed by atoms with Gasteiger partial charge >= 0.3 is 0 Å². The van der Waals surface area contributed by atoms with E-state index in [0.717, 1.165) is 19.3 Å². The van der Waals surface area contributed by atoms with E-state index in [9.17, 15) is 0 Å². The van der Waals surface area contributed by atoms with Crippen LogP contribution in [0.4, 0.5) is 0 Å².